The molecule has 1 aromatic heterocycles. The summed E-state index contributed by atoms with van der Waals surface area (Å²) in [6, 6.07) is 9.88. The molecule has 1 N–H and O–H groups in total. The van der Waals surface area contributed by atoms with E-state index in [1.54, 1.807) is 4.90 Å². The van der Waals surface area contributed by atoms with Gasteiger partial charge in [0.15, 0.2) is 0 Å². The molecule has 0 atom stereocenters. The van der Waals surface area contributed by atoms with Gasteiger partial charge in [-0.25, -0.2) is 4.68 Å². The predicted octanol–water partition coefficient (Wildman–Crippen LogP) is 2.95. The molecule has 2 amide bonds. The Hall–Kier alpha value is -2.83. The van der Waals surface area contributed by atoms with Crippen LogP contribution in [0.3, 0.4) is 0 Å². The van der Waals surface area contributed by atoms with Gasteiger partial charge in [-0.15, -0.1) is 0 Å². The zero-order chi connectivity index (χ0) is 19.5. The molecule has 3 heterocycles. The van der Waals surface area contributed by atoms with Crippen LogP contribution in [0.25, 0.3) is 0 Å². The van der Waals surface area contributed by atoms with Crippen LogP contribution in [0.4, 0.5) is 17.2 Å². The van der Waals surface area contributed by atoms with E-state index in [1.165, 1.54) is 18.5 Å². The number of anilines is 3. The highest BCUT2D eigenvalue weighted by Gasteiger charge is 2.24. The van der Waals surface area contributed by atoms with Crippen LogP contribution < -0.4 is 15.1 Å². The molecular weight excluding hydrogens is 354 g/mol. The van der Waals surface area contributed by atoms with E-state index in [-0.39, 0.29) is 24.7 Å². The standard InChI is InChI=1S/C21H27N5O2/c1-16-15-20-25(13-4-14-26(20)23-16)21(28)10-9-19(27)22-17-5-7-18(8-6-17)24-11-2-3-12-24/h5-8,15H,2-4,9-14H2,1H3,(H,22,27). The summed E-state index contributed by atoms with van der Waals surface area (Å²) in [4.78, 5) is 29.0. The van der Waals surface area contributed by atoms with Crippen LogP contribution in [-0.2, 0) is 16.1 Å². The molecule has 1 aromatic carbocycles. The van der Waals surface area contributed by atoms with Crippen molar-refractivity contribution in [2.45, 2.75) is 45.6 Å². The van der Waals surface area contributed by atoms with Crippen LogP contribution in [0.1, 0.15) is 37.8 Å². The molecule has 0 radical (unpaired) electrons. The van der Waals surface area contributed by atoms with Gasteiger partial charge in [-0.3, -0.25) is 14.5 Å². The lowest BCUT2D eigenvalue weighted by Gasteiger charge is -2.27. The molecule has 1 fully saturated rings. The minimum Gasteiger partial charge on any atom is -0.372 e. The maximum atomic E-state index is 12.6. The Morgan fingerprint density at radius 3 is 2.50 bits per heavy atom. The topological polar surface area (TPSA) is 70.5 Å². The van der Waals surface area contributed by atoms with Crippen molar-refractivity contribution in [2.24, 2.45) is 0 Å². The summed E-state index contributed by atoms with van der Waals surface area (Å²) in [5, 5.41) is 7.31. The lowest BCUT2D eigenvalue weighted by Crippen LogP contribution is -2.37. The number of benzene rings is 1. The van der Waals surface area contributed by atoms with Gasteiger partial charge in [-0.2, -0.15) is 5.10 Å². The average molecular weight is 381 g/mol. The maximum absolute atomic E-state index is 12.6. The van der Waals surface area contributed by atoms with Crippen molar-refractivity contribution in [3.05, 3.63) is 36.0 Å². The van der Waals surface area contributed by atoms with Crippen LogP contribution in [0.15, 0.2) is 30.3 Å². The van der Waals surface area contributed by atoms with E-state index < -0.39 is 0 Å². The van der Waals surface area contributed by atoms with Gasteiger partial charge in [-0.1, -0.05) is 0 Å². The second-order valence-electron chi connectivity index (χ2n) is 7.56. The minimum absolute atomic E-state index is 0.0274. The molecule has 28 heavy (non-hydrogen) atoms. The van der Waals surface area contributed by atoms with Gasteiger partial charge in [0.2, 0.25) is 11.8 Å². The third-order valence-corrected chi connectivity index (χ3v) is 5.40. The van der Waals surface area contributed by atoms with Crippen molar-refractivity contribution in [1.82, 2.24) is 9.78 Å². The maximum Gasteiger partial charge on any atom is 0.228 e. The van der Waals surface area contributed by atoms with Gasteiger partial charge in [-0.05, 0) is 50.5 Å². The van der Waals surface area contributed by atoms with Gasteiger partial charge in [0, 0.05) is 56.5 Å². The first kappa shape index (κ1) is 18.5. The normalized spacial score (nSPS) is 16.2. The molecule has 1 saturated heterocycles. The molecule has 7 nitrogen and oxygen atoms in total. The number of carbonyl (C=O) groups is 2. The highest BCUT2D eigenvalue weighted by Crippen LogP contribution is 2.24. The van der Waals surface area contributed by atoms with Crippen LogP contribution >= 0.6 is 0 Å². The molecule has 0 spiro atoms. The average Bonchev–Trinajstić information content (AvgIpc) is 3.35. The second-order valence-corrected chi connectivity index (χ2v) is 7.56. The SMILES string of the molecule is Cc1cc2n(n1)CCCN2C(=O)CCC(=O)Nc1ccc(N2CCCC2)cc1. The summed E-state index contributed by atoms with van der Waals surface area (Å²) < 4.78 is 1.87. The van der Waals surface area contributed by atoms with Gasteiger partial charge in [0.1, 0.15) is 5.82 Å². The number of nitrogens with zero attached hydrogens (tertiary/aromatic N) is 4. The van der Waals surface area contributed by atoms with Crippen molar-refractivity contribution in [3.8, 4) is 0 Å². The Morgan fingerprint density at radius 2 is 1.75 bits per heavy atom. The highest BCUT2D eigenvalue weighted by molar-refractivity contribution is 5.97. The summed E-state index contributed by atoms with van der Waals surface area (Å²) in [7, 11) is 0. The Bertz CT molecular complexity index is 852. The number of hydrogen-bond donors (Lipinski definition) is 1. The predicted molar refractivity (Wildman–Crippen MR) is 110 cm³/mol. The summed E-state index contributed by atoms with van der Waals surface area (Å²) in [6.45, 7) is 5.65. The van der Waals surface area contributed by atoms with Crippen molar-refractivity contribution < 1.29 is 9.59 Å². The molecule has 2 aromatic rings. The summed E-state index contributed by atoms with van der Waals surface area (Å²) in [5.74, 6) is 0.677. The third kappa shape index (κ3) is 4.03. The van der Waals surface area contributed by atoms with E-state index in [2.05, 4.69) is 15.3 Å². The fourth-order valence-corrected chi connectivity index (χ4v) is 3.97. The van der Waals surface area contributed by atoms with Crippen molar-refractivity contribution in [1.29, 1.82) is 0 Å². The molecule has 148 valence electrons. The van der Waals surface area contributed by atoms with Gasteiger partial charge in [0.25, 0.3) is 0 Å². The molecule has 7 heteroatoms. The van der Waals surface area contributed by atoms with E-state index in [0.29, 0.717) is 6.54 Å². The number of carbonyl (C=O) groups excluding carboxylic acids is 2. The first-order chi connectivity index (χ1) is 13.6. The van der Waals surface area contributed by atoms with Gasteiger partial charge in [0.05, 0.1) is 5.69 Å². The third-order valence-electron chi connectivity index (χ3n) is 5.40. The monoisotopic (exact) mass is 381 g/mol. The molecule has 4 rings (SSSR count). The zero-order valence-electron chi connectivity index (χ0n) is 16.4. The molecule has 0 saturated carbocycles. The van der Waals surface area contributed by atoms with E-state index in [9.17, 15) is 9.59 Å². The Labute approximate surface area is 165 Å². The largest absolute Gasteiger partial charge is 0.372 e. The summed E-state index contributed by atoms with van der Waals surface area (Å²) in [5.41, 5.74) is 2.87. The van der Waals surface area contributed by atoms with E-state index >= 15 is 0 Å². The number of amides is 2. The number of nitrogens with one attached hydrogen (secondary N) is 1. The van der Waals surface area contributed by atoms with Crippen LogP contribution in [0.2, 0.25) is 0 Å². The highest BCUT2D eigenvalue weighted by atomic mass is 16.2. The molecule has 0 unspecified atom stereocenters. The van der Waals surface area contributed by atoms with Gasteiger partial charge >= 0.3 is 0 Å². The van der Waals surface area contributed by atoms with Crippen LogP contribution in [0, 0.1) is 6.92 Å². The van der Waals surface area contributed by atoms with E-state index in [1.807, 2.05) is 41.9 Å². The fourth-order valence-electron chi connectivity index (χ4n) is 3.97. The Balaban J connectivity index is 1.29. The molecular formula is C21H27N5O2. The first-order valence-electron chi connectivity index (χ1n) is 10.1. The van der Waals surface area contributed by atoms with Crippen molar-refractivity contribution in [2.75, 3.05) is 34.8 Å². The molecule has 2 aliphatic heterocycles. The Morgan fingerprint density at radius 1 is 1.00 bits per heavy atom. The first-order valence-corrected chi connectivity index (χ1v) is 10.1. The molecule has 0 aliphatic carbocycles. The smallest absolute Gasteiger partial charge is 0.228 e. The quantitative estimate of drug-likeness (QED) is 0.864. The fraction of sp³-hybridized carbons (Fsp3) is 0.476. The van der Waals surface area contributed by atoms with Crippen molar-refractivity contribution in [3.63, 3.8) is 0 Å². The number of hydrogen-bond acceptors (Lipinski definition) is 4. The number of aromatic nitrogens is 2. The summed E-state index contributed by atoms with van der Waals surface area (Å²) >= 11 is 0. The van der Waals surface area contributed by atoms with Gasteiger partial charge < -0.3 is 10.2 Å². The second kappa shape index (κ2) is 8.04. The number of rotatable bonds is 5. The molecule has 0 bridgehead atoms. The lowest BCUT2D eigenvalue weighted by atomic mass is 10.2. The minimum atomic E-state index is -0.135. The number of aryl methyl sites for hydroxylation is 2. The van der Waals surface area contributed by atoms with E-state index in [4.69, 9.17) is 0 Å². The summed E-state index contributed by atoms with van der Waals surface area (Å²) in [6.07, 6.45) is 3.74. The lowest BCUT2D eigenvalue weighted by molar-refractivity contribution is -0.122. The Kier molecular flexibility index (Phi) is 5.32. The zero-order valence-corrected chi connectivity index (χ0v) is 16.4. The van der Waals surface area contributed by atoms with Crippen LogP contribution in [0.5, 0.6) is 0 Å². The van der Waals surface area contributed by atoms with Crippen molar-refractivity contribution >= 4 is 29.0 Å². The molecule has 2 aliphatic rings. The van der Waals surface area contributed by atoms with E-state index in [0.717, 1.165) is 43.3 Å². The van der Waals surface area contributed by atoms with Crippen LogP contribution in [-0.4, -0.2) is 41.2 Å². The number of fused-ring (bicyclic) bond motifs is 1.